The van der Waals surface area contributed by atoms with Gasteiger partial charge < -0.3 is 15.1 Å². The Balaban J connectivity index is 1.78. The normalized spacial score (nSPS) is 25.7. The highest BCUT2D eigenvalue weighted by molar-refractivity contribution is 5.76. The fraction of sp³-hybridized carbons (Fsp3) is 0.929. The van der Waals surface area contributed by atoms with Gasteiger partial charge in [0.2, 0.25) is 0 Å². The van der Waals surface area contributed by atoms with Gasteiger partial charge in [0.15, 0.2) is 0 Å². The van der Waals surface area contributed by atoms with Gasteiger partial charge in [0, 0.05) is 52.9 Å². The molecule has 1 atom stereocenters. The van der Waals surface area contributed by atoms with Gasteiger partial charge in [-0.1, -0.05) is 13.8 Å². The van der Waals surface area contributed by atoms with E-state index >= 15 is 0 Å². The fourth-order valence-corrected chi connectivity index (χ4v) is 2.99. The number of piperazine rings is 1. The summed E-state index contributed by atoms with van der Waals surface area (Å²) in [4.78, 5) is 18.6. The van der Waals surface area contributed by atoms with Crippen molar-refractivity contribution >= 4 is 6.03 Å². The number of carbonyl (C=O) groups excluding carboxylic acids is 1. The second-order valence-corrected chi connectivity index (χ2v) is 6.21. The summed E-state index contributed by atoms with van der Waals surface area (Å²) in [5, 5.41) is 3.36. The molecule has 0 aromatic heterocycles. The molecule has 5 nitrogen and oxygen atoms in total. The molecule has 0 saturated carbocycles. The molecule has 0 aromatic rings. The van der Waals surface area contributed by atoms with Crippen molar-refractivity contribution < 1.29 is 4.79 Å². The molecule has 19 heavy (non-hydrogen) atoms. The largest absolute Gasteiger partial charge is 0.323 e. The molecule has 2 aliphatic heterocycles. The number of hydrogen-bond acceptors (Lipinski definition) is 3. The van der Waals surface area contributed by atoms with Crippen molar-refractivity contribution in [2.75, 3.05) is 52.9 Å². The molecule has 0 aromatic carbocycles. The quantitative estimate of drug-likeness (QED) is 0.797. The topological polar surface area (TPSA) is 38.8 Å². The summed E-state index contributed by atoms with van der Waals surface area (Å²) in [5.74, 6) is 0.647. The summed E-state index contributed by atoms with van der Waals surface area (Å²) < 4.78 is 0. The summed E-state index contributed by atoms with van der Waals surface area (Å²) in [7, 11) is 1.94. The van der Waals surface area contributed by atoms with Crippen molar-refractivity contribution in [2.24, 2.45) is 5.92 Å². The molecule has 5 heteroatoms. The van der Waals surface area contributed by atoms with Gasteiger partial charge in [-0.3, -0.25) is 4.90 Å². The van der Waals surface area contributed by atoms with E-state index in [0.717, 1.165) is 52.2 Å². The number of hydrogen-bond donors (Lipinski definition) is 1. The Morgan fingerprint density at radius 2 is 1.95 bits per heavy atom. The number of carbonyl (C=O) groups is 1. The van der Waals surface area contributed by atoms with Crippen LogP contribution < -0.4 is 5.32 Å². The molecular weight excluding hydrogens is 240 g/mol. The molecule has 0 bridgehead atoms. The fourth-order valence-electron chi connectivity index (χ4n) is 2.99. The Bertz CT molecular complexity index is 302. The molecule has 0 radical (unpaired) electrons. The molecule has 0 spiro atoms. The van der Waals surface area contributed by atoms with E-state index in [9.17, 15) is 4.79 Å². The molecule has 2 heterocycles. The Kier molecular flexibility index (Phi) is 5.05. The van der Waals surface area contributed by atoms with Crippen molar-refractivity contribution in [1.82, 2.24) is 20.0 Å². The van der Waals surface area contributed by atoms with E-state index in [1.54, 1.807) is 0 Å². The maximum Gasteiger partial charge on any atom is 0.320 e. The average Bonchev–Trinajstić information content (AvgIpc) is 2.65. The van der Waals surface area contributed by atoms with Crippen LogP contribution in [0.1, 0.15) is 20.3 Å². The highest BCUT2D eigenvalue weighted by atomic mass is 16.2. The summed E-state index contributed by atoms with van der Waals surface area (Å²) >= 11 is 0. The first-order chi connectivity index (χ1) is 9.08. The summed E-state index contributed by atoms with van der Waals surface area (Å²) in [6.07, 6.45) is 1.10. The molecular formula is C14H28N4O. The molecule has 2 rings (SSSR count). The van der Waals surface area contributed by atoms with Gasteiger partial charge in [0.05, 0.1) is 6.04 Å². The SMILES string of the molecule is CC(C)CC1CN(CCN2CCNCC2)C(=O)N1C. The standard InChI is InChI=1S/C14H28N4O/c1-12(2)10-13-11-18(14(19)16(13)3)9-8-17-6-4-15-5-7-17/h12-13,15H,4-11H2,1-3H3. The third kappa shape index (κ3) is 3.83. The first-order valence-corrected chi connectivity index (χ1v) is 7.52. The van der Waals surface area contributed by atoms with Crippen LogP contribution in [0.25, 0.3) is 0 Å². The number of urea groups is 1. The molecule has 2 aliphatic rings. The van der Waals surface area contributed by atoms with Gasteiger partial charge >= 0.3 is 6.03 Å². The van der Waals surface area contributed by atoms with E-state index in [2.05, 4.69) is 24.1 Å². The lowest BCUT2D eigenvalue weighted by atomic mass is 10.0. The summed E-state index contributed by atoms with van der Waals surface area (Å²) in [5.41, 5.74) is 0. The van der Waals surface area contributed by atoms with Crippen LogP contribution >= 0.6 is 0 Å². The summed E-state index contributed by atoms with van der Waals surface area (Å²) in [6.45, 7) is 11.6. The first kappa shape index (κ1) is 14.6. The third-order valence-corrected chi connectivity index (χ3v) is 4.19. The maximum atomic E-state index is 12.2. The van der Waals surface area contributed by atoms with E-state index < -0.39 is 0 Å². The van der Waals surface area contributed by atoms with Crippen molar-refractivity contribution in [3.8, 4) is 0 Å². The van der Waals surface area contributed by atoms with Crippen LogP contribution in [0.4, 0.5) is 4.79 Å². The number of nitrogens with one attached hydrogen (secondary N) is 1. The van der Waals surface area contributed by atoms with E-state index in [0.29, 0.717) is 12.0 Å². The monoisotopic (exact) mass is 268 g/mol. The minimum Gasteiger partial charge on any atom is -0.323 e. The van der Waals surface area contributed by atoms with Crippen LogP contribution in [0.2, 0.25) is 0 Å². The van der Waals surface area contributed by atoms with Crippen LogP contribution in [0.15, 0.2) is 0 Å². The van der Waals surface area contributed by atoms with Gasteiger partial charge in [-0.2, -0.15) is 0 Å². The van der Waals surface area contributed by atoms with Gasteiger partial charge in [0.25, 0.3) is 0 Å². The summed E-state index contributed by atoms with van der Waals surface area (Å²) in [6, 6.07) is 0.608. The Morgan fingerprint density at radius 1 is 1.26 bits per heavy atom. The number of rotatable bonds is 5. The molecule has 2 fully saturated rings. The minimum absolute atomic E-state index is 0.209. The molecule has 1 N–H and O–H groups in total. The van der Waals surface area contributed by atoms with Gasteiger partial charge in [-0.25, -0.2) is 4.79 Å². The lowest BCUT2D eigenvalue weighted by Crippen LogP contribution is -2.46. The van der Waals surface area contributed by atoms with E-state index in [4.69, 9.17) is 0 Å². The van der Waals surface area contributed by atoms with E-state index in [-0.39, 0.29) is 6.03 Å². The van der Waals surface area contributed by atoms with Crippen LogP contribution in [0.3, 0.4) is 0 Å². The first-order valence-electron chi connectivity index (χ1n) is 7.52. The Morgan fingerprint density at radius 3 is 2.58 bits per heavy atom. The van der Waals surface area contributed by atoms with Crippen LogP contribution in [0.5, 0.6) is 0 Å². The molecule has 0 aliphatic carbocycles. The van der Waals surface area contributed by atoms with E-state index in [1.807, 2.05) is 16.8 Å². The van der Waals surface area contributed by atoms with Gasteiger partial charge in [-0.05, 0) is 12.3 Å². The van der Waals surface area contributed by atoms with Crippen molar-refractivity contribution in [3.05, 3.63) is 0 Å². The molecule has 1 unspecified atom stereocenters. The minimum atomic E-state index is 0.209. The van der Waals surface area contributed by atoms with Crippen molar-refractivity contribution in [3.63, 3.8) is 0 Å². The number of nitrogens with zero attached hydrogens (tertiary/aromatic N) is 3. The maximum absolute atomic E-state index is 12.2. The Hall–Kier alpha value is -0.810. The predicted molar refractivity (Wildman–Crippen MR) is 77.3 cm³/mol. The third-order valence-electron chi connectivity index (χ3n) is 4.19. The zero-order valence-corrected chi connectivity index (χ0v) is 12.6. The average molecular weight is 268 g/mol. The molecule has 110 valence electrons. The number of amides is 2. The predicted octanol–water partition coefficient (Wildman–Crippen LogP) is 0.674. The lowest BCUT2D eigenvalue weighted by Gasteiger charge is -2.28. The molecule has 2 saturated heterocycles. The second kappa shape index (κ2) is 6.57. The smallest absolute Gasteiger partial charge is 0.320 e. The van der Waals surface area contributed by atoms with Gasteiger partial charge in [-0.15, -0.1) is 0 Å². The Labute approximate surface area is 116 Å². The second-order valence-electron chi connectivity index (χ2n) is 6.21. The lowest BCUT2D eigenvalue weighted by molar-refractivity contribution is 0.180. The van der Waals surface area contributed by atoms with E-state index in [1.165, 1.54) is 0 Å². The zero-order chi connectivity index (χ0) is 13.8. The van der Waals surface area contributed by atoms with Crippen molar-refractivity contribution in [2.45, 2.75) is 26.3 Å². The van der Waals surface area contributed by atoms with Crippen LogP contribution in [0, 0.1) is 5.92 Å². The highest BCUT2D eigenvalue weighted by Gasteiger charge is 2.34. The van der Waals surface area contributed by atoms with Crippen molar-refractivity contribution in [1.29, 1.82) is 0 Å². The molecule has 2 amide bonds. The van der Waals surface area contributed by atoms with Crippen LogP contribution in [-0.2, 0) is 0 Å². The van der Waals surface area contributed by atoms with Crippen LogP contribution in [-0.4, -0.2) is 79.6 Å². The number of likely N-dealkylation sites (N-methyl/N-ethyl adjacent to an activating group) is 1. The van der Waals surface area contributed by atoms with Gasteiger partial charge in [0.1, 0.15) is 0 Å². The highest BCUT2D eigenvalue weighted by Crippen LogP contribution is 2.19. The zero-order valence-electron chi connectivity index (χ0n) is 12.6.